The lowest BCUT2D eigenvalue weighted by molar-refractivity contribution is 0.181. The molecule has 1 amide bonds. The summed E-state index contributed by atoms with van der Waals surface area (Å²) < 4.78 is 20.4. The Hall–Kier alpha value is -2.35. The standard InChI is InChI=1S/C13H12FN3O3S/c1-16-11(15-12(18)20-2)10(14)8-17(13(16)19)21-9-6-4-3-5-7-9/h3-8H,1-2H3/b15-11+. The number of hydrogen-bond acceptors (Lipinski definition) is 4. The minimum absolute atomic E-state index is 0.378. The molecule has 0 aliphatic carbocycles. The molecule has 0 atom stereocenters. The van der Waals surface area contributed by atoms with Gasteiger partial charge in [-0.15, -0.1) is 0 Å². The van der Waals surface area contributed by atoms with Crippen LogP contribution in [0.15, 0.2) is 51.2 Å². The van der Waals surface area contributed by atoms with Crippen molar-refractivity contribution in [1.82, 2.24) is 8.54 Å². The van der Waals surface area contributed by atoms with Crippen molar-refractivity contribution in [2.45, 2.75) is 4.90 Å². The van der Waals surface area contributed by atoms with Gasteiger partial charge in [-0.05, 0) is 24.1 Å². The van der Waals surface area contributed by atoms with Crippen LogP contribution >= 0.6 is 11.9 Å². The molecule has 0 saturated carbocycles. The monoisotopic (exact) mass is 309 g/mol. The molecular formula is C13H12FN3O3S. The van der Waals surface area contributed by atoms with E-state index < -0.39 is 17.6 Å². The van der Waals surface area contributed by atoms with Gasteiger partial charge in [-0.25, -0.2) is 18.0 Å². The lowest BCUT2D eigenvalue weighted by atomic mass is 10.4. The van der Waals surface area contributed by atoms with E-state index in [1.807, 2.05) is 18.2 Å². The maximum atomic E-state index is 14.0. The molecule has 1 aromatic heterocycles. The zero-order valence-corrected chi connectivity index (χ0v) is 12.1. The predicted octanol–water partition coefficient (Wildman–Crippen LogP) is 1.55. The lowest BCUT2D eigenvalue weighted by Gasteiger charge is -2.08. The van der Waals surface area contributed by atoms with E-state index in [1.165, 1.54) is 7.05 Å². The minimum atomic E-state index is -0.975. The molecule has 0 radical (unpaired) electrons. The second-order valence-electron chi connectivity index (χ2n) is 3.95. The van der Waals surface area contributed by atoms with E-state index in [-0.39, 0.29) is 5.49 Å². The highest BCUT2D eigenvalue weighted by atomic mass is 32.2. The highest BCUT2D eigenvalue weighted by Gasteiger charge is 2.10. The van der Waals surface area contributed by atoms with Crippen LogP contribution in [0.4, 0.5) is 9.18 Å². The van der Waals surface area contributed by atoms with E-state index in [4.69, 9.17) is 0 Å². The molecule has 0 saturated heterocycles. The Morgan fingerprint density at radius 3 is 2.62 bits per heavy atom. The zero-order chi connectivity index (χ0) is 15.4. The zero-order valence-electron chi connectivity index (χ0n) is 11.3. The van der Waals surface area contributed by atoms with Crippen LogP contribution < -0.4 is 11.2 Å². The Bertz CT molecular complexity index is 783. The summed E-state index contributed by atoms with van der Waals surface area (Å²) in [5.74, 6) is -0.800. The number of benzene rings is 1. The summed E-state index contributed by atoms with van der Waals surface area (Å²) >= 11 is 1.06. The Morgan fingerprint density at radius 2 is 2.00 bits per heavy atom. The molecule has 0 fully saturated rings. The van der Waals surface area contributed by atoms with Gasteiger partial charge >= 0.3 is 11.8 Å². The van der Waals surface area contributed by atoms with Crippen LogP contribution in [0.2, 0.25) is 0 Å². The van der Waals surface area contributed by atoms with Crippen molar-refractivity contribution >= 4 is 18.0 Å². The molecule has 0 aliphatic heterocycles. The van der Waals surface area contributed by atoms with Crippen molar-refractivity contribution < 1.29 is 13.9 Å². The Morgan fingerprint density at radius 1 is 1.33 bits per heavy atom. The third-order valence-corrected chi connectivity index (χ3v) is 3.50. The quantitative estimate of drug-likeness (QED) is 0.844. The minimum Gasteiger partial charge on any atom is -0.451 e. The fraction of sp³-hybridized carbons (Fsp3) is 0.154. The second kappa shape index (κ2) is 6.40. The first-order chi connectivity index (χ1) is 10.0. The van der Waals surface area contributed by atoms with Crippen molar-refractivity contribution in [2.75, 3.05) is 7.11 Å². The van der Waals surface area contributed by atoms with Gasteiger partial charge in [0, 0.05) is 11.9 Å². The Kier molecular flexibility index (Phi) is 4.59. The van der Waals surface area contributed by atoms with Gasteiger partial charge in [-0.3, -0.25) is 4.57 Å². The molecule has 110 valence electrons. The molecule has 8 heteroatoms. The normalized spacial score (nSPS) is 11.5. The number of amides is 1. The van der Waals surface area contributed by atoms with Crippen molar-refractivity contribution in [3.05, 3.63) is 58.3 Å². The first-order valence-electron chi connectivity index (χ1n) is 5.87. The van der Waals surface area contributed by atoms with Gasteiger partial charge in [0.2, 0.25) is 0 Å². The van der Waals surface area contributed by atoms with E-state index >= 15 is 0 Å². The fourth-order valence-corrected chi connectivity index (χ4v) is 2.39. The molecule has 0 spiro atoms. The Balaban J connectivity index is 2.51. The summed E-state index contributed by atoms with van der Waals surface area (Å²) in [6.07, 6.45) is 0.0132. The number of rotatable bonds is 2. The van der Waals surface area contributed by atoms with Crippen LogP contribution in [0.5, 0.6) is 0 Å². The van der Waals surface area contributed by atoms with Crippen molar-refractivity contribution in [3.63, 3.8) is 0 Å². The highest BCUT2D eigenvalue weighted by molar-refractivity contribution is 7.97. The van der Waals surface area contributed by atoms with Crippen molar-refractivity contribution in [3.8, 4) is 0 Å². The van der Waals surface area contributed by atoms with Crippen LogP contribution in [0.1, 0.15) is 0 Å². The van der Waals surface area contributed by atoms with Gasteiger partial charge in [0.1, 0.15) is 0 Å². The number of carbonyl (C=O) groups is 1. The fourth-order valence-electron chi connectivity index (χ4n) is 1.54. The summed E-state index contributed by atoms with van der Waals surface area (Å²) in [5, 5.41) is 0. The average molecular weight is 309 g/mol. The number of hydrogen-bond donors (Lipinski definition) is 0. The highest BCUT2D eigenvalue weighted by Crippen LogP contribution is 2.17. The topological polar surface area (TPSA) is 65.6 Å². The van der Waals surface area contributed by atoms with Gasteiger partial charge in [0.05, 0.1) is 13.3 Å². The summed E-state index contributed by atoms with van der Waals surface area (Å²) in [7, 11) is 2.45. The number of aromatic nitrogens is 2. The van der Waals surface area contributed by atoms with Crippen LogP contribution in [0.3, 0.4) is 0 Å². The summed E-state index contributed by atoms with van der Waals surface area (Å²) in [4.78, 5) is 27.4. The van der Waals surface area contributed by atoms with Crippen LogP contribution in [-0.4, -0.2) is 21.7 Å². The maximum absolute atomic E-state index is 14.0. The third kappa shape index (κ3) is 3.40. The van der Waals surface area contributed by atoms with Crippen molar-refractivity contribution in [1.29, 1.82) is 0 Å². The van der Waals surface area contributed by atoms with E-state index in [0.29, 0.717) is 0 Å². The molecule has 0 unspecified atom stereocenters. The Labute approximate surface area is 123 Å². The number of nitrogens with zero attached hydrogens (tertiary/aromatic N) is 3. The average Bonchev–Trinajstić information content (AvgIpc) is 2.49. The molecular weight excluding hydrogens is 297 g/mol. The number of methoxy groups -OCH3 is 1. The summed E-state index contributed by atoms with van der Waals surface area (Å²) in [5.41, 5.74) is -0.898. The van der Waals surface area contributed by atoms with Crippen LogP contribution in [0.25, 0.3) is 0 Å². The molecule has 1 heterocycles. The largest absolute Gasteiger partial charge is 0.451 e. The lowest BCUT2D eigenvalue weighted by Crippen LogP contribution is -2.38. The first-order valence-corrected chi connectivity index (χ1v) is 6.64. The molecule has 21 heavy (non-hydrogen) atoms. The number of ether oxygens (including phenoxy) is 1. The van der Waals surface area contributed by atoms with Crippen molar-refractivity contribution in [2.24, 2.45) is 12.0 Å². The molecule has 2 rings (SSSR count). The summed E-state index contributed by atoms with van der Waals surface area (Å²) in [6.45, 7) is 0. The van der Waals surface area contributed by atoms with E-state index in [9.17, 15) is 14.0 Å². The smallest absolute Gasteiger partial charge is 0.435 e. The van der Waals surface area contributed by atoms with Gasteiger partial charge in [0.15, 0.2) is 11.3 Å². The second-order valence-corrected chi connectivity index (χ2v) is 5.00. The number of carbonyl (C=O) groups excluding carboxylic acids is 1. The van der Waals surface area contributed by atoms with Crippen LogP contribution in [-0.2, 0) is 11.8 Å². The third-order valence-electron chi connectivity index (χ3n) is 2.56. The van der Waals surface area contributed by atoms with Gasteiger partial charge in [0.25, 0.3) is 0 Å². The molecule has 0 bridgehead atoms. The maximum Gasteiger partial charge on any atom is 0.435 e. The SMILES string of the molecule is COC(=O)/N=c1\c(F)cn(Sc2ccccc2)c(=O)n1C. The van der Waals surface area contributed by atoms with Gasteiger partial charge < -0.3 is 4.74 Å². The van der Waals surface area contributed by atoms with Gasteiger partial charge in [-0.2, -0.15) is 4.99 Å². The molecule has 1 aromatic carbocycles. The molecule has 6 nitrogen and oxygen atoms in total. The molecule has 0 N–H and O–H groups in total. The summed E-state index contributed by atoms with van der Waals surface area (Å²) in [6, 6.07) is 9.05. The first kappa shape index (κ1) is 15.0. The van der Waals surface area contributed by atoms with E-state index in [1.54, 1.807) is 12.1 Å². The molecule has 2 aromatic rings. The van der Waals surface area contributed by atoms with Crippen LogP contribution in [0, 0.1) is 5.82 Å². The van der Waals surface area contributed by atoms with E-state index in [0.717, 1.165) is 38.7 Å². The predicted molar refractivity (Wildman–Crippen MR) is 75.3 cm³/mol. The van der Waals surface area contributed by atoms with E-state index in [2.05, 4.69) is 9.73 Å². The van der Waals surface area contributed by atoms with Gasteiger partial charge in [-0.1, -0.05) is 18.2 Å². The number of halogens is 1. The molecule has 0 aliphatic rings.